The van der Waals surface area contributed by atoms with Crippen LogP contribution in [-0.4, -0.2) is 43.8 Å². The van der Waals surface area contributed by atoms with Gasteiger partial charge in [0.15, 0.2) is 0 Å². The zero-order chi connectivity index (χ0) is 28.9. The van der Waals surface area contributed by atoms with Gasteiger partial charge in [-0.15, -0.1) is 0 Å². The van der Waals surface area contributed by atoms with Gasteiger partial charge in [0.1, 0.15) is 12.6 Å². The van der Waals surface area contributed by atoms with Crippen molar-refractivity contribution < 1.29 is 18.0 Å². The van der Waals surface area contributed by atoms with E-state index in [1.165, 1.54) is 17.0 Å². The van der Waals surface area contributed by atoms with Crippen LogP contribution >= 0.6 is 23.2 Å². The average molecular weight is 591 g/mol. The zero-order valence-corrected chi connectivity index (χ0v) is 24.9. The third-order valence-corrected chi connectivity index (χ3v) is 8.51. The smallest absolute Gasteiger partial charge is 0.264 e. The molecule has 1 atom stereocenters. The molecule has 0 spiro atoms. The molecular formula is C29H33Cl2N3O4S. The number of rotatable bonds is 10. The van der Waals surface area contributed by atoms with E-state index in [0.717, 1.165) is 15.4 Å². The number of aryl methyl sites for hydroxylation is 2. The Morgan fingerprint density at radius 3 is 2.15 bits per heavy atom. The first-order valence-electron chi connectivity index (χ1n) is 12.5. The summed E-state index contributed by atoms with van der Waals surface area (Å²) in [5, 5.41) is 3.59. The number of amides is 2. The molecule has 0 aliphatic carbocycles. The number of benzene rings is 3. The van der Waals surface area contributed by atoms with Crippen LogP contribution in [0.3, 0.4) is 0 Å². The Hall–Kier alpha value is -3.07. The molecule has 0 bridgehead atoms. The lowest BCUT2D eigenvalue weighted by Crippen LogP contribution is -2.52. The molecule has 3 aromatic rings. The van der Waals surface area contributed by atoms with Gasteiger partial charge in [-0.2, -0.15) is 0 Å². The van der Waals surface area contributed by atoms with Crippen molar-refractivity contribution in [3.8, 4) is 0 Å². The molecule has 1 N–H and O–H groups in total. The highest BCUT2D eigenvalue weighted by molar-refractivity contribution is 7.92. The largest absolute Gasteiger partial charge is 0.352 e. The number of nitrogens with one attached hydrogen (secondary N) is 1. The summed E-state index contributed by atoms with van der Waals surface area (Å²) >= 11 is 12.5. The molecule has 0 heterocycles. The zero-order valence-electron chi connectivity index (χ0n) is 22.6. The average Bonchev–Trinajstić information content (AvgIpc) is 2.86. The fourth-order valence-electron chi connectivity index (χ4n) is 3.97. The van der Waals surface area contributed by atoms with Gasteiger partial charge >= 0.3 is 0 Å². The molecule has 3 rings (SSSR count). The van der Waals surface area contributed by atoms with Crippen molar-refractivity contribution >= 4 is 50.7 Å². The van der Waals surface area contributed by atoms with Gasteiger partial charge in [0.2, 0.25) is 11.8 Å². The summed E-state index contributed by atoms with van der Waals surface area (Å²) < 4.78 is 28.8. The first-order chi connectivity index (χ1) is 18.3. The third-order valence-electron chi connectivity index (χ3n) is 6.13. The molecule has 0 saturated heterocycles. The normalized spacial score (nSPS) is 12.2. The van der Waals surface area contributed by atoms with Crippen LogP contribution in [0.25, 0.3) is 0 Å². The van der Waals surface area contributed by atoms with E-state index < -0.39 is 28.5 Å². The van der Waals surface area contributed by atoms with E-state index in [-0.39, 0.29) is 23.4 Å². The molecule has 1 unspecified atom stereocenters. The van der Waals surface area contributed by atoms with Crippen LogP contribution in [0.1, 0.15) is 37.5 Å². The summed E-state index contributed by atoms with van der Waals surface area (Å²) in [7, 11) is -4.13. The Morgan fingerprint density at radius 1 is 0.897 bits per heavy atom. The maximum Gasteiger partial charge on any atom is 0.264 e. The predicted molar refractivity (Wildman–Crippen MR) is 157 cm³/mol. The van der Waals surface area contributed by atoms with Gasteiger partial charge in [-0.3, -0.25) is 13.9 Å². The van der Waals surface area contributed by atoms with Gasteiger partial charge in [0.25, 0.3) is 10.0 Å². The highest BCUT2D eigenvalue weighted by Crippen LogP contribution is 2.27. The highest BCUT2D eigenvalue weighted by Gasteiger charge is 2.33. The highest BCUT2D eigenvalue weighted by atomic mass is 35.5. The number of carbonyl (C=O) groups excluding carboxylic acids is 2. The van der Waals surface area contributed by atoms with Crippen LogP contribution in [0.4, 0.5) is 5.69 Å². The molecule has 3 aromatic carbocycles. The van der Waals surface area contributed by atoms with E-state index in [1.54, 1.807) is 55.5 Å². The fraction of sp³-hybridized carbons (Fsp3) is 0.310. The summed E-state index contributed by atoms with van der Waals surface area (Å²) in [4.78, 5) is 28.3. The van der Waals surface area contributed by atoms with Gasteiger partial charge in [-0.05, 0) is 82.1 Å². The lowest BCUT2D eigenvalue weighted by molar-refractivity contribution is -0.139. The lowest BCUT2D eigenvalue weighted by atomic mass is 10.1. The number of carbonyl (C=O) groups is 2. The minimum Gasteiger partial charge on any atom is -0.352 e. The minimum absolute atomic E-state index is 0.0201. The number of hydrogen-bond donors (Lipinski definition) is 1. The molecule has 39 heavy (non-hydrogen) atoms. The third kappa shape index (κ3) is 7.75. The van der Waals surface area contributed by atoms with E-state index in [0.29, 0.717) is 21.3 Å². The molecule has 2 amide bonds. The SMILES string of the molecule is Cc1ccc(S(=O)(=O)N(CC(=O)N(Cc2ccc(Cl)cc2Cl)C(C)C(=O)NC(C)C)c2cccc(C)c2)cc1. The summed E-state index contributed by atoms with van der Waals surface area (Å²) in [5.74, 6) is -0.934. The van der Waals surface area contributed by atoms with Gasteiger partial charge < -0.3 is 10.2 Å². The van der Waals surface area contributed by atoms with Crippen LogP contribution < -0.4 is 9.62 Å². The second kappa shape index (κ2) is 12.9. The molecule has 0 aliphatic heterocycles. The van der Waals surface area contributed by atoms with Crippen molar-refractivity contribution in [1.29, 1.82) is 0 Å². The Bertz CT molecular complexity index is 1440. The van der Waals surface area contributed by atoms with Crippen LogP contribution in [0.2, 0.25) is 10.0 Å². The number of sulfonamides is 1. The van der Waals surface area contributed by atoms with Gasteiger partial charge in [0, 0.05) is 22.6 Å². The summed E-state index contributed by atoms with van der Waals surface area (Å²) in [6.07, 6.45) is 0. The van der Waals surface area contributed by atoms with Crippen LogP contribution in [-0.2, 0) is 26.2 Å². The quantitative estimate of drug-likeness (QED) is 0.326. The lowest BCUT2D eigenvalue weighted by Gasteiger charge is -2.32. The van der Waals surface area contributed by atoms with Gasteiger partial charge in [0.05, 0.1) is 10.6 Å². The molecule has 0 aliphatic rings. The Morgan fingerprint density at radius 2 is 1.56 bits per heavy atom. The molecule has 0 radical (unpaired) electrons. The van der Waals surface area contributed by atoms with Crippen molar-refractivity contribution in [3.63, 3.8) is 0 Å². The van der Waals surface area contributed by atoms with Crippen molar-refractivity contribution in [3.05, 3.63) is 93.5 Å². The van der Waals surface area contributed by atoms with Crippen molar-refractivity contribution in [2.24, 2.45) is 0 Å². The molecule has 208 valence electrons. The Kier molecular flexibility index (Phi) is 10.0. The monoisotopic (exact) mass is 589 g/mol. The van der Waals surface area contributed by atoms with E-state index >= 15 is 0 Å². The predicted octanol–water partition coefficient (Wildman–Crippen LogP) is 5.75. The number of anilines is 1. The van der Waals surface area contributed by atoms with Crippen molar-refractivity contribution in [2.45, 2.75) is 58.1 Å². The van der Waals surface area contributed by atoms with E-state index in [9.17, 15) is 18.0 Å². The van der Waals surface area contributed by atoms with Crippen molar-refractivity contribution in [1.82, 2.24) is 10.2 Å². The number of nitrogens with zero attached hydrogens (tertiary/aromatic N) is 2. The van der Waals surface area contributed by atoms with Gasteiger partial charge in [-0.1, -0.05) is 59.1 Å². The first-order valence-corrected chi connectivity index (χ1v) is 14.7. The molecule has 0 fully saturated rings. The van der Waals surface area contributed by atoms with Crippen LogP contribution in [0, 0.1) is 13.8 Å². The molecule has 10 heteroatoms. The fourth-order valence-corrected chi connectivity index (χ4v) is 5.84. The van der Waals surface area contributed by atoms with E-state index in [1.807, 2.05) is 33.8 Å². The summed E-state index contributed by atoms with van der Waals surface area (Å²) in [6, 6.07) is 17.2. The van der Waals surface area contributed by atoms with E-state index in [4.69, 9.17) is 23.2 Å². The Balaban J connectivity index is 2.05. The molecular weight excluding hydrogens is 557 g/mol. The van der Waals surface area contributed by atoms with E-state index in [2.05, 4.69) is 5.32 Å². The molecule has 0 saturated carbocycles. The van der Waals surface area contributed by atoms with Crippen LogP contribution in [0.15, 0.2) is 71.6 Å². The second-order valence-corrected chi connectivity index (χ2v) is 12.5. The standard InChI is InChI=1S/C29H33Cl2N3O4S/c1-19(2)32-29(36)22(5)33(17-23-11-12-24(30)16-27(23)31)28(35)18-34(25-8-6-7-21(4)15-25)39(37,38)26-13-9-20(3)10-14-26/h6-16,19,22H,17-18H2,1-5H3,(H,32,36). The summed E-state index contributed by atoms with van der Waals surface area (Å²) in [5.41, 5.74) is 2.65. The van der Waals surface area contributed by atoms with Gasteiger partial charge in [-0.25, -0.2) is 8.42 Å². The summed E-state index contributed by atoms with van der Waals surface area (Å²) in [6.45, 7) is 8.40. The van der Waals surface area contributed by atoms with Crippen molar-refractivity contribution in [2.75, 3.05) is 10.8 Å². The minimum atomic E-state index is -4.13. The second-order valence-electron chi connectivity index (χ2n) is 9.76. The number of halogens is 2. The first kappa shape index (κ1) is 30.5. The Labute approximate surface area is 240 Å². The molecule has 0 aromatic heterocycles. The van der Waals surface area contributed by atoms with Crippen LogP contribution in [0.5, 0.6) is 0 Å². The maximum absolute atomic E-state index is 13.9. The molecule has 7 nitrogen and oxygen atoms in total. The number of hydrogen-bond acceptors (Lipinski definition) is 4. The maximum atomic E-state index is 13.9. The topological polar surface area (TPSA) is 86.8 Å².